The van der Waals surface area contributed by atoms with Crippen LogP contribution in [0, 0.1) is 18.7 Å². The van der Waals surface area contributed by atoms with Crippen LogP contribution in [-0.2, 0) is 26.2 Å². The molecule has 0 heterocycles. The van der Waals surface area contributed by atoms with Crippen molar-refractivity contribution in [3.8, 4) is 0 Å². The van der Waals surface area contributed by atoms with E-state index >= 15 is 0 Å². The van der Waals surface area contributed by atoms with Gasteiger partial charge in [-0.2, -0.15) is 0 Å². The van der Waals surface area contributed by atoms with Crippen LogP contribution in [0.15, 0.2) is 82.2 Å². The smallest absolute Gasteiger partial charge is 0.264 e. The fraction of sp³-hybridized carbons (Fsp3) is 0.310. The van der Waals surface area contributed by atoms with Crippen molar-refractivity contribution >= 4 is 43.5 Å². The quantitative estimate of drug-likeness (QED) is 0.317. The summed E-state index contributed by atoms with van der Waals surface area (Å²) in [5.41, 5.74) is 1.37. The molecule has 0 aliphatic carbocycles. The molecule has 10 heteroatoms. The first-order valence-electron chi connectivity index (χ1n) is 12.6. The maximum absolute atomic E-state index is 14.6. The summed E-state index contributed by atoms with van der Waals surface area (Å²) >= 11 is 3.35. The number of amides is 2. The lowest BCUT2D eigenvalue weighted by Gasteiger charge is -2.32. The molecule has 208 valence electrons. The van der Waals surface area contributed by atoms with Gasteiger partial charge in [0.15, 0.2) is 0 Å². The Morgan fingerprint density at radius 2 is 1.56 bits per heavy atom. The maximum Gasteiger partial charge on any atom is 0.264 e. The summed E-state index contributed by atoms with van der Waals surface area (Å²) in [5.74, 6) is -1.40. The van der Waals surface area contributed by atoms with Gasteiger partial charge in [0.1, 0.15) is 18.4 Å². The molecule has 39 heavy (non-hydrogen) atoms. The van der Waals surface area contributed by atoms with Crippen LogP contribution >= 0.6 is 15.9 Å². The van der Waals surface area contributed by atoms with Gasteiger partial charge in [-0.25, -0.2) is 12.8 Å². The Morgan fingerprint density at radius 3 is 2.15 bits per heavy atom. The first-order valence-corrected chi connectivity index (χ1v) is 14.8. The molecule has 3 rings (SSSR count). The number of nitrogens with one attached hydrogen (secondary N) is 1. The zero-order chi connectivity index (χ0) is 28.7. The van der Waals surface area contributed by atoms with Gasteiger partial charge in [0.25, 0.3) is 10.0 Å². The molecule has 0 spiro atoms. The van der Waals surface area contributed by atoms with Crippen molar-refractivity contribution in [1.82, 2.24) is 10.2 Å². The van der Waals surface area contributed by atoms with Gasteiger partial charge in [0.2, 0.25) is 11.8 Å². The number of aryl methyl sites for hydroxylation is 1. The predicted molar refractivity (Wildman–Crippen MR) is 154 cm³/mol. The number of carbonyl (C=O) groups excluding carboxylic acids is 2. The minimum absolute atomic E-state index is 0.0206. The molecule has 0 saturated heterocycles. The van der Waals surface area contributed by atoms with Gasteiger partial charge in [-0.1, -0.05) is 65.7 Å². The van der Waals surface area contributed by atoms with Crippen LogP contribution in [0.3, 0.4) is 0 Å². The lowest BCUT2D eigenvalue weighted by molar-refractivity contribution is -0.139. The lowest BCUT2D eigenvalue weighted by Crippen LogP contribution is -2.51. The summed E-state index contributed by atoms with van der Waals surface area (Å²) < 4.78 is 43.9. The van der Waals surface area contributed by atoms with Crippen LogP contribution < -0.4 is 9.62 Å². The van der Waals surface area contributed by atoms with Crippen LogP contribution in [0.2, 0.25) is 0 Å². The molecule has 3 aromatic rings. The zero-order valence-corrected chi connectivity index (χ0v) is 24.8. The van der Waals surface area contributed by atoms with Crippen LogP contribution in [0.1, 0.15) is 31.9 Å². The van der Waals surface area contributed by atoms with E-state index in [4.69, 9.17) is 0 Å². The second kappa shape index (κ2) is 13.2. The topological polar surface area (TPSA) is 86.8 Å². The normalized spacial score (nSPS) is 12.2. The zero-order valence-electron chi connectivity index (χ0n) is 22.4. The highest BCUT2D eigenvalue weighted by Crippen LogP contribution is 2.26. The number of anilines is 1. The van der Waals surface area contributed by atoms with E-state index in [0.717, 1.165) is 14.3 Å². The summed E-state index contributed by atoms with van der Waals surface area (Å²) in [7, 11) is -4.16. The van der Waals surface area contributed by atoms with Gasteiger partial charge in [0.05, 0.1) is 10.6 Å². The van der Waals surface area contributed by atoms with Crippen molar-refractivity contribution in [2.75, 3.05) is 17.4 Å². The van der Waals surface area contributed by atoms with Gasteiger partial charge < -0.3 is 10.2 Å². The lowest BCUT2D eigenvalue weighted by atomic mass is 10.1. The highest BCUT2D eigenvalue weighted by molar-refractivity contribution is 9.10. The molecule has 1 atom stereocenters. The van der Waals surface area contributed by atoms with Gasteiger partial charge in [-0.05, 0) is 62.2 Å². The third-order valence-corrected chi connectivity index (χ3v) is 8.47. The van der Waals surface area contributed by atoms with Crippen LogP contribution in [0.25, 0.3) is 0 Å². The summed E-state index contributed by atoms with van der Waals surface area (Å²) in [6.07, 6.45) is 0. The number of carbonyl (C=O) groups is 2. The number of benzene rings is 3. The third kappa shape index (κ3) is 7.89. The Balaban J connectivity index is 2.01. The fourth-order valence-corrected chi connectivity index (χ4v) is 5.50. The van der Waals surface area contributed by atoms with Gasteiger partial charge >= 0.3 is 0 Å². The Kier molecular flexibility index (Phi) is 10.3. The van der Waals surface area contributed by atoms with E-state index in [-0.39, 0.29) is 28.6 Å². The highest BCUT2D eigenvalue weighted by Gasteiger charge is 2.32. The number of hydrogen-bond acceptors (Lipinski definition) is 4. The molecule has 0 bridgehead atoms. The Morgan fingerprint density at radius 1 is 0.949 bits per heavy atom. The summed E-state index contributed by atoms with van der Waals surface area (Å²) in [6.45, 7) is 6.89. The molecular weight excluding hydrogens is 585 g/mol. The van der Waals surface area contributed by atoms with Gasteiger partial charge in [-0.15, -0.1) is 0 Å². The first-order chi connectivity index (χ1) is 18.4. The monoisotopic (exact) mass is 617 g/mol. The average molecular weight is 619 g/mol. The molecule has 3 aromatic carbocycles. The number of halogens is 2. The molecule has 0 aromatic heterocycles. The van der Waals surface area contributed by atoms with Crippen molar-refractivity contribution in [2.45, 2.75) is 45.2 Å². The van der Waals surface area contributed by atoms with Gasteiger partial charge in [-0.3, -0.25) is 13.9 Å². The van der Waals surface area contributed by atoms with E-state index in [2.05, 4.69) is 21.2 Å². The van der Waals surface area contributed by atoms with Crippen molar-refractivity contribution in [1.29, 1.82) is 0 Å². The molecular formula is C29H33BrFN3O4S. The molecule has 0 aliphatic heterocycles. The Labute approximate surface area is 238 Å². The number of hydrogen-bond donors (Lipinski definition) is 1. The summed E-state index contributed by atoms with van der Waals surface area (Å²) in [6, 6.07) is 17.9. The van der Waals surface area contributed by atoms with Crippen molar-refractivity contribution < 1.29 is 22.4 Å². The number of sulfonamides is 1. The Bertz CT molecular complexity index is 1400. The highest BCUT2D eigenvalue weighted by atomic mass is 79.9. The number of nitrogens with zero attached hydrogens (tertiary/aromatic N) is 2. The van der Waals surface area contributed by atoms with Crippen LogP contribution in [0.4, 0.5) is 10.1 Å². The third-order valence-electron chi connectivity index (χ3n) is 6.15. The second-order valence-electron chi connectivity index (χ2n) is 9.73. The molecule has 0 radical (unpaired) electrons. The largest absolute Gasteiger partial charge is 0.354 e. The van der Waals surface area contributed by atoms with E-state index in [9.17, 15) is 22.4 Å². The molecule has 1 N–H and O–H groups in total. The molecule has 2 amide bonds. The Hall–Kier alpha value is -3.24. The molecule has 0 unspecified atom stereocenters. The average Bonchev–Trinajstić information content (AvgIpc) is 2.90. The van der Waals surface area contributed by atoms with Crippen molar-refractivity contribution in [3.05, 3.63) is 94.2 Å². The first kappa shape index (κ1) is 30.3. The molecule has 0 saturated carbocycles. The molecule has 0 aliphatic rings. The van der Waals surface area contributed by atoms with E-state index in [0.29, 0.717) is 6.54 Å². The summed E-state index contributed by atoms with van der Waals surface area (Å²) in [4.78, 5) is 28.0. The molecule has 7 nitrogen and oxygen atoms in total. The van der Waals surface area contributed by atoms with Gasteiger partial charge in [0, 0.05) is 23.1 Å². The van der Waals surface area contributed by atoms with Crippen LogP contribution in [-0.4, -0.2) is 44.3 Å². The number of rotatable bonds is 11. The SMILES string of the molecule is Cc1ccc(S(=O)(=O)N(CC(=O)N(Cc2ccccc2F)[C@H](C)C(=O)NCC(C)C)c2ccc(Br)cc2)cc1. The summed E-state index contributed by atoms with van der Waals surface area (Å²) in [5, 5.41) is 2.81. The van der Waals surface area contributed by atoms with Crippen molar-refractivity contribution in [2.24, 2.45) is 5.92 Å². The standard InChI is InChI=1S/C29H33BrFN3O4S/c1-20(2)17-32-29(36)22(4)33(18-23-7-5-6-8-27(23)31)28(35)19-34(25-13-11-24(30)12-14-25)39(37,38)26-15-9-21(3)10-16-26/h5-16,20,22H,17-19H2,1-4H3,(H,32,36)/t22-/m1/s1. The molecule has 0 fully saturated rings. The second-order valence-corrected chi connectivity index (χ2v) is 12.5. The van der Waals surface area contributed by atoms with E-state index in [1.807, 2.05) is 20.8 Å². The minimum Gasteiger partial charge on any atom is -0.354 e. The maximum atomic E-state index is 14.6. The van der Waals surface area contributed by atoms with Crippen molar-refractivity contribution in [3.63, 3.8) is 0 Å². The van der Waals surface area contributed by atoms with E-state index < -0.39 is 40.2 Å². The van der Waals surface area contributed by atoms with E-state index in [1.54, 1.807) is 49.4 Å². The van der Waals surface area contributed by atoms with E-state index in [1.165, 1.54) is 35.2 Å². The predicted octanol–water partition coefficient (Wildman–Crippen LogP) is 5.28. The minimum atomic E-state index is -4.16. The fourth-order valence-electron chi connectivity index (χ4n) is 3.82. The van der Waals surface area contributed by atoms with Crippen LogP contribution in [0.5, 0.6) is 0 Å².